The molecule has 6 heteroatoms. The molecule has 1 amide bonds. The number of hydrogen-bond acceptors (Lipinski definition) is 2. The van der Waals surface area contributed by atoms with E-state index < -0.39 is 23.4 Å². The summed E-state index contributed by atoms with van der Waals surface area (Å²) in [6, 6.07) is 6.20. The summed E-state index contributed by atoms with van der Waals surface area (Å²) >= 11 is 0. The summed E-state index contributed by atoms with van der Waals surface area (Å²) in [5.74, 6) is -4.78. The standard InChI is InChI=1S/C13H9F3N2O/c1-18(11-4-2-3-5-17-11)13(19)8-6-9(14)12(16)10(15)7-8/h2-7H,1H3. The predicted octanol–water partition coefficient (Wildman–Crippen LogP) is 2.78. The predicted molar refractivity (Wildman–Crippen MR) is 63.3 cm³/mol. The summed E-state index contributed by atoms with van der Waals surface area (Å²) in [5.41, 5.74) is -0.287. The van der Waals surface area contributed by atoms with Crippen molar-refractivity contribution in [3.05, 3.63) is 59.5 Å². The average Bonchev–Trinajstić information content (AvgIpc) is 2.43. The van der Waals surface area contributed by atoms with E-state index in [4.69, 9.17) is 0 Å². The number of hydrogen-bond donors (Lipinski definition) is 0. The van der Waals surface area contributed by atoms with Gasteiger partial charge in [0.05, 0.1) is 0 Å². The quantitative estimate of drug-likeness (QED) is 0.783. The van der Waals surface area contributed by atoms with E-state index in [1.54, 1.807) is 18.2 Å². The van der Waals surface area contributed by atoms with E-state index in [1.165, 1.54) is 13.2 Å². The Morgan fingerprint density at radius 1 is 1.16 bits per heavy atom. The topological polar surface area (TPSA) is 33.2 Å². The first-order valence-corrected chi connectivity index (χ1v) is 5.34. The van der Waals surface area contributed by atoms with Gasteiger partial charge in [0, 0.05) is 18.8 Å². The molecule has 1 aromatic carbocycles. The van der Waals surface area contributed by atoms with Gasteiger partial charge in [0.25, 0.3) is 5.91 Å². The number of anilines is 1. The molecule has 3 nitrogen and oxygen atoms in total. The van der Waals surface area contributed by atoms with E-state index >= 15 is 0 Å². The maximum absolute atomic E-state index is 13.1. The third-order valence-electron chi connectivity index (χ3n) is 2.53. The maximum Gasteiger partial charge on any atom is 0.259 e. The van der Waals surface area contributed by atoms with Crippen molar-refractivity contribution in [1.29, 1.82) is 0 Å². The first-order chi connectivity index (χ1) is 9.00. The lowest BCUT2D eigenvalue weighted by molar-refractivity contribution is 0.0991. The lowest BCUT2D eigenvalue weighted by Gasteiger charge is -2.16. The van der Waals surface area contributed by atoms with Crippen molar-refractivity contribution in [2.45, 2.75) is 0 Å². The van der Waals surface area contributed by atoms with Gasteiger partial charge in [0.15, 0.2) is 17.5 Å². The number of nitrogens with zero attached hydrogens (tertiary/aromatic N) is 2. The Kier molecular flexibility index (Phi) is 3.50. The van der Waals surface area contributed by atoms with Gasteiger partial charge < -0.3 is 0 Å². The molecule has 0 aliphatic heterocycles. The van der Waals surface area contributed by atoms with Gasteiger partial charge in [-0.05, 0) is 24.3 Å². The molecule has 0 N–H and O–H groups in total. The first kappa shape index (κ1) is 13.1. The first-order valence-electron chi connectivity index (χ1n) is 5.34. The van der Waals surface area contributed by atoms with Gasteiger partial charge in [-0.1, -0.05) is 6.07 Å². The van der Waals surface area contributed by atoms with Crippen LogP contribution in [0.1, 0.15) is 10.4 Å². The summed E-state index contributed by atoms with van der Waals surface area (Å²) < 4.78 is 38.9. The van der Waals surface area contributed by atoms with Crippen LogP contribution >= 0.6 is 0 Å². The molecule has 98 valence electrons. The summed E-state index contributed by atoms with van der Waals surface area (Å²) in [5, 5.41) is 0. The van der Waals surface area contributed by atoms with Gasteiger partial charge in [-0.25, -0.2) is 18.2 Å². The number of pyridine rings is 1. The van der Waals surface area contributed by atoms with Crippen LogP contribution in [0.25, 0.3) is 0 Å². The van der Waals surface area contributed by atoms with Crippen LogP contribution in [-0.2, 0) is 0 Å². The summed E-state index contributed by atoms with van der Waals surface area (Å²) in [4.78, 5) is 17.0. The molecule has 0 aliphatic rings. The van der Waals surface area contributed by atoms with E-state index in [1.807, 2.05) is 0 Å². The fraction of sp³-hybridized carbons (Fsp3) is 0.0769. The van der Waals surface area contributed by atoms with Gasteiger partial charge in [0.2, 0.25) is 0 Å². The Morgan fingerprint density at radius 3 is 2.32 bits per heavy atom. The van der Waals surface area contributed by atoms with Crippen LogP contribution in [-0.4, -0.2) is 17.9 Å². The molecule has 0 saturated carbocycles. The largest absolute Gasteiger partial charge is 0.296 e. The zero-order valence-corrected chi connectivity index (χ0v) is 9.90. The highest BCUT2D eigenvalue weighted by atomic mass is 19.2. The minimum Gasteiger partial charge on any atom is -0.296 e. The van der Waals surface area contributed by atoms with Crippen LogP contribution in [0, 0.1) is 17.5 Å². The number of halogens is 3. The van der Waals surface area contributed by atoms with E-state index in [9.17, 15) is 18.0 Å². The van der Waals surface area contributed by atoms with Crippen molar-refractivity contribution >= 4 is 11.7 Å². The van der Waals surface area contributed by atoms with Crippen LogP contribution < -0.4 is 4.90 Å². The number of carbonyl (C=O) groups is 1. The normalized spacial score (nSPS) is 10.3. The van der Waals surface area contributed by atoms with Gasteiger partial charge in [-0.3, -0.25) is 9.69 Å². The van der Waals surface area contributed by atoms with Gasteiger partial charge in [0.1, 0.15) is 5.82 Å². The second-order valence-electron chi connectivity index (χ2n) is 3.81. The summed E-state index contributed by atoms with van der Waals surface area (Å²) in [6.45, 7) is 0. The van der Waals surface area contributed by atoms with Gasteiger partial charge in [-0.15, -0.1) is 0 Å². The van der Waals surface area contributed by atoms with Crippen molar-refractivity contribution in [3.63, 3.8) is 0 Å². The second kappa shape index (κ2) is 5.09. The van der Waals surface area contributed by atoms with Crippen LogP contribution in [0.5, 0.6) is 0 Å². The molecule has 0 spiro atoms. The molecule has 2 aromatic rings. The fourth-order valence-electron chi connectivity index (χ4n) is 1.53. The molecule has 0 atom stereocenters. The number of aromatic nitrogens is 1. The minimum absolute atomic E-state index is 0.287. The molecule has 1 heterocycles. The summed E-state index contributed by atoms with van der Waals surface area (Å²) in [7, 11) is 1.41. The van der Waals surface area contributed by atoms with Gasteiger partial charge >= 0.3 is 0 Å². The third-order valence-corrected chi connectivity index (χ3v) is 2.53. The van der Waals surface area contributed by atoms with Crippen LogP contribution in [0.3, 0.4) is 0 Å². The molecule has 0 radical (unpaired) electrons. The lowest BCUT2D eigenvalue weighted by atomic mass is 10.2. The molecule has 0 fully saturated rings. The number of carbonyl (C=O) groups excluding carboxylic acids is 1. The Balaban J connectivity index is 2.35. The van der Waals surface area contributed by atoms with Crippen molar-refractivity contribution in [2.75, 3.05) is 11.9 Å². The molecule has 0 bridgehead atoms. The lowest BCUT2D eigenvalue weighted by Crippen LogP contribution is -2.27. The zero-order valence-electron chi connectivity index (χ0n) is 9.90. The highest BCUT2D eigenvalue weighted by Gasteiger charge is 2.19. The highest BCUT2D eigenvalue weighted by Crippen LogP contribution is 2.17. The number of rotatable bonds is 2. The molecule has 19 heavy (non-hydrogen) atoms. The van der Waals surface area contributed by atoms with E-state index in [2.05, 4.69) is 4.98 Å². The molecule has 2 rings (SSSR count). The van der Waals surface area contributed by atoms with Crippen molar-refractivity contribution < 1.29 is 18.0 Å². The van der Waals surface area contributed by atoms with E-state index in [0.717, 1.165) is 4.90 Å². The van der Waals surface area contributed by atoms with Crippen molar-refractivity contribution in [1.82, 2.24) is 4.98 Å². The molecular formula is C13H9F3N2O. The molecular weight excluding hydrogens is 257 g/mol. The van der Waals surface area contributed by atoms with E-state index in [0.29, 0.717) is 18.0 Å². The van der Waals surface area contributed by atoms with Crippen molar-refractivity contribution in [3.8, 4) is 0 Å². The third kappa shape index (κ3) is 2.57. The highest BCUT2D eigenvalue weighted by molar-refractivity contribution is 6.05. The zero-order chi connectivity index (χ0) is 14.0. The average molecular weight is 266 g/mol. The Bertz CT molecular complexity index is 594. The Hall–Kier alpha value is -2.37. The van der Waals surface area contributed by atoms with Crippen LogP contribution in [0.4, 0.5) is 19.0 Å². The Morgan fingerprint density at radius 2 is 1.79 bits per heavy atom. The SMILES string of the molecule is CN(C(=O)c1cc(F)c(F)c(F)c1)c1ccccn1. The maximum atomic E-state index is 13.1. The molecule has 0 saturated heterocycles. The van der Waals surface area contributed by atoms with Crippen LogP contribution in [0.2, 0.25) is 0 Å². The number of benzene rings is 1. The second-order valence-corrected chi connectivity index (χ2v) is 3.81. The number of amides is 1. The minimum atomic E-state index is -1.60. The van der Waals surface area contributed by atoms with Crippen molar-refractivity contribution in [2.24, 2.45) is 0 Å². The molecule has 0 aliphatic carbocycles. The van der Waals surface area contributed by atoms with E-state index in [-0.39, 0.29) is 5.56 Å². The monoisotopic (exact) mass is 266 g/mol. The molecule has 1 aromatic heterocycles. The van der Waals surface area contributed by atoms with Gasteiger partial charge in [-0.2, -0.15) is 0 Å². The fourth-order valence-corrected chi connectivity index (χ4v) is 1.53. The Labute approximate surface area is 107 Å². The molecule has 0 unspecified atom stereocenters. The van der Waals surface area contributed by atoms with Crippen LogP contribution in [0.15, 0.2) is 36.5 Å². The summed E-state index contributed by atoms with van der Waals surface area (Å²) in [6.07, 6.45) is 1.48. The smallest absolute Gasteiger partial charge is 0.259 e.